The molecule has 0 unspecified atom stereocenters. The van der Waals surface area contributed by atoms with Gasteiger partial charge in [-0.25, -0.2) is 9.67 Å². The first-order chi connectivity index (χ1) is 17.8. The molecular weight excluding hydrogens is 464 g/mol. The Hall–Kier alpha value is -4.42. The van der Waals surface area contributed by atoms with Crippen LogP contribution in [0, 0.1) is 0 Å². The van der Waals surface area contributed by atoms with Crippen molar-refractivity contribution in [3.8, 4) is 22.8 Å². The Morgan fingerprint density at radius 2 is 1.39 bits per heavy atom. The van der Waals surface area contributed by atoms with E-state index in [1.807, 2.05) is 102 Å². The van der Waals surface area contributed by atoms with E-state index in [0.29, 0.717) is 11.3 Å². The third-order valence-electron chi connectivity index (χ3n) is 5.95. The van der Waals surface area contributed by atoms with Crippen molar-refractivity contribution in [3.05, 3.63) is 127 Å². The molecule has 6 rings (SSSR count). The zero-order chi connectivity index (χ0) is 24.3. The van der Waals surface area contributed by atoms with Crippen molar-refractivity contribution in [2.24, 2.45) is 0 Å². The van der Waals surface area contributed by atoms with Crippen molar-refractivity contribution >= 4 is 28.6 Å². The fourth-order valence-electron chi connectivity index (χ4n) is 4.20. The average Bonchev–Trinajstić information content (AvgIpc) is 3.54. The summed E-state index contributed by atoms with van der Waals surface area (Å²) in [7, 11) is 0. The molecule has 0 saturated carbocycles. The lowest BCUT2D eigenvalue weighted by Gasteiger charge is -2.11. The first-order valence-electron chi connectivity index (χ1n) is 11.7. The normalized spacial score (nSPS) is 11.1. The smallest absolute Gasteiger partial charge is 0.175 e. The highest BCUT2D eigenvalue weighted by molar-refractivity contribution is 7.99. The molecule has 0 N–H and O–H groups in total. The van der Waals surface area contributed by atoms with Gasteiger partial charge in [0.1, 0.15) is 5.82 Å². The van der Waals surface area contributed by atoms with E-state index in [-0.39, 0.29) is 5.78 Å². The number of para-hydroxylation sites is 3. The number of thioether (sulfide) groups is 1. The summed E-state index contributed by atoms with van der Waals surface area (Å²) >= 11 is 1.44. The molecule has 0 atom stereocenters. The lowest BCUT2D eigenvalue weighted by molar-refractivity contribution is 0.102. The summed E-state index contributed by atoms with van der Waals surface area (Å²) in [6.07, 6.45) is 0. The summed E-state index contributed by atoms with van der Waals surface area (Å²) in [5.41, 5.74) is 5.38. The van der Waals surface area contributed by atoms with Gasteiger partial charge in [0, 0.05) is 17.2 Å². The maximum atomic E-state index is 12.9. The van der Waals surface area contributed by atoms with E-state index in [4.69, 9.17) is 10.1 Å². The second kappa shape index (κ2) is 9.68. The molecule has 0 radical (unpaired) electrons. The van der Waals surface area contributed by atoms with E-state index < -0.39 is 0 Å². The quantitative estimate of drug-likeness (QED) is 0.183. The van der Waals surface area contributed by atoms with Crippen LogP contribution in [-0.2, 0) is 0 Å². The highest BCUT2D eigenvalue weighted by Gasteiger charge is 2.20. The predicted molar refractivity (Wildman–Crippen MR) is 145 cm³/mol. The Kier molecular flexibility index (Phi) is 5.93. The number of hydrogen-bond acceptors (Lipinski definition) is 4. The van der Waals surface area contributed by atoms with Gasteiger partial charge in [-0.05, 0) is 24.3 Å². The highest BCUT2D eigenvalue weighted by Crippen LogP contribution is 2.32. The molecule has 0 spiro atoms. The fourth-order valence-corrected chi connectivity index (χ4v) is 5.11. The molecule has 2 heterocycles. The average molecular weight is 487 g/mol. The summed E-state index contributed by atoms with van der Waals surface area (Å²) in [4.78, 5) is 17.8. The predicted octanol–water partition coefficient (Wildman–Crippen LogP) is 6.85. The Labute approximate surface area is 213 Å². The monoisotopic (exact) mass is 486 g/mol. The van der Waals surface area contributed by atoms with Crippen LogP contribution >= 0.6 is 11.8 Å². The molecule has 5 nitrogen and oxygen atoms in total. The van der Waals surface area contributed by atoms with E-state index in [2.05, 4.69) is 28.8 Å². The van der Waals surface area contributed by atoms with Gasteiger partial charge in [-0.1, -0.05) is 103 Å². The van der Waals surface area contributed by atoms with Crippen LogP contribution in [0.4, 0.5) is 0 Å². The number of carbonyl (C=O) groups is 1. The molecular formula is C30H22N4OS. The maximum Gasteiger partial charge on any atom is 0.175 e. The number of ketones is 1. The van der Waals surface area contributed by atoms with Crippen LogP contribution in [0.2, 0.25) is 0 Å². The minimum absolute atomic E-state index is 0.0701. The summed E-state index contributed by atoms with van der Waals surface area (Å²) in [6, 6.07) is 39.7. The minimum atomic E-state index is 0.0701. The van der Waals surface area contributed by atoms with Crippen molar-refractivity contribution in [2.75, 3.05) is 5.75 Å². The van der Waals surface area contributed by atoms with Crippen molar-refractivity contribution in [1.29, 1.82) is 0 Å². The van der Waals surface area contributed by atoms with Crippen LogP contribution in [-0.4, -0.2) is 30.9 Å². The largest absolute Gasteiger partial charge is 0.293 e. The lowest BCUT2D eigenvalue weighted by Crippen LogP contribution is -2.08. The van der Waals surface area contributed by atoms with Gasteiger partial charge in [0.25, 0.3) is 0 Å². The Morgan fingerprint density at radius 3 is 2.14 bits per heavy atom. The molecule has 6 heteroatoms. The Bertz CT molecular complexity index is 1640. The van der Waals surface area contributed by atoms with Gasteiger partial charge < -0.3 is 0 Å². The van der Waals surface area contributed by atoms with E-state index >= 15 is 0 Å². The number of aromatic nitrogens is 4. The van der Waals surface area contributed by atoms with Crippen molar-refractivity contribution in [1.82, 2.24) is 19.3 Å². The zero-order valence-corrected chi connectivity index (χ0v) is 20.2. The molecule has 0 saturated heterocycles. The lowest BCUT2D eigenvalue weighted by atomic mass is 10.1. The SMILES string of the molecule is O=C(CSc1nc2ccccc2n1-c1cc(-c2ccccc2)nn1-c1ccccc1)c1ccccc1. The summed E-state index contributed by atoms with van der Waals surface area (Å²) in [6.45, 7) is 0. The summed E-state index contributed by atoms with van der Waals surface area (Å²) in [5.74, 6) is 1.22. The van der Waals surface area contributed by atoms with Gasteiger partial charge in [-0.3, -0.25) is 9.36 Å². The number of nitrogens with zero attached hydrogens (tertiary/aromatic N) is 4. The molecule has 0 amide bonds. The van der Waals surface area contributed by atoms with E-state index in [1.165, 1.54) is 11.8 Å². The van der Waals surface area contributed by atoms with E-state index in [0.717, 1.165) is 39.0 Å². The van der Waals surface area contributed by atoms with Crippen molar-refractivity contribution in [2.45, 2.75) is 5.16 Å². The van der Waals surface area contributed by atoms with Crippen LogP contribution in [0.3, 0.4) is 0 Å². The number of fused-ring (bicyclic) bond motifs is 1. The number of carbonyl (C=O) groups excluding carboxylic acids is 1. The van der Waals surface area contributed by atoms with Crippen LogP contribution in [0.5, 0.6) is 0 Å². The molecule has 0 fully saturated rings. The topological polar surface area (TPSA) is 52.7 Å². The second-order valence-electron chi connectivity index (χ2n) is 8.30. The molecule has 6 aromatic rings. The van der Waals surface area contributed by atoms with Crippen molar-refractivity contribution < 1.29 is 4.79 Å². The van der Waals surface area contributed by atoms with Gasteiger partial charge in [0.05, 0.1) is 28.2 Å². The van der Waals surface area contributed by atoms with Gasteiger partial charge >= 0.3 is 0 Å². The standard InChI is InChI=1S/C30H22N4OS/c35-28(23-14-6-2-7-15-23)21-36-30-31-25-18-10-11-19-27(25)33(30)29-20-26(22-12-4-1-5-13-22)32-34(29)24-16-8-3-9-17-24/h1-20H,21H2. The van der Waals surface area contributed by atoms with Gasteiger partial charge in [-0.15, -0.1) is 0 Å². The van der Waals surface area contributed by atoms with E-state index in [1.54, 1.807) is 0 Å². The second-order valence-corrected chi connectivity index (χ2v) is 9.24. The number of hydrogen-bond donors (Lipinski definition) is 0. The molecule has 2 aromatic heterocycles. The van der Waals surface area contributed by atoms with Gasteiger partial charge in [-0.2, -0.15) is 5.10 Å². The number of Topliss-reactive ketones (excluding diaryl/α,β-unsaturated/α-hetero) is 1. The number of rotatable bonds is 7. The maximum absolute atomic E-state index is 12.9. The van der Waals surface area contributed by atoms with Crippen LogP contribution in [0.1, 0.15) is 10.4 Å². The number of imidazole rings is 1. The van der Waals surface area contributed by atoms with Gasteiger partial charge in [0.2, 0.25) is 0 Å². The Morgan fingerprint density at radius 1 is 0.750 bits per heavy atom. The molecule has 0 bridgehead atoms. The molecule has 0 aliphatic rings. The summed E-state index contributed by atoms with van der Waals surface area (Å²) < 4.78 is 4.05. The summed E-state index contributed by atoms with van der Waals surface area (Å²) in [5, 5.41) is 5.74. The minimum Gasteiger partial charge on any atom is -0.293 e. The highest BCUT2D eigenvalue weighted by atomic mass is 32.2. The van der Waals surface area contributed by atoms with Crippen LogP contribution in [0.15, 0.2) is 126 Å². The first kappa shape index (κ1) is 22.1. The van der Waals surface area contributed by atoms with Crippen LogP contribution < -0.4 is 0 Å². The third-order valence-corrected chi connectivity index (χ3v) is 6.89. The molecule has 0 aliphatic carbocycles. The first-order valence-corrected chi connectivity index (χ1v) is 12.7. The van der Waals surface area contributed by atoms with Crippen LogP contribution in [0.25, 0.3) is 33.8 Å². The molecule has 0 aliphatic heterocycles. The molecule has 4 aromatic carbocycles. The van der Waals surface area contributed by atoms with Gasteiger partial charge in [0.15, 0.2) is 10.9 Å². The third kappa shape index (κ3) is 4.23. The molecule has 36 heavy (non-hydrogen) atoms. The Balaban J connectivity index is 1.49. The fraction of sp³-hybridized carbons (Fsp3) is 0.0333. The van der Waals surface area contributed by atoms with E-state index in [9.17, 15) is 4.79 Å². The number of benzene rings is 4. The van der Waals surface area contributed by atoms with Crippen molar-refractivity contribution in [3.63, 3.8) is 0 Å². The molecule has 174 valence electrons. The zero-order valence-electron chi connectivity index (χ0n) is 19.4.